The van der Waals surface area contributed by atoms with E-state index in [1.165, 1.54) is 20.2 Å². The van der Waals surface area contributed by atoms with E-state index in [2.05, 4.69) is 76.2 Å². The molecule has 0 amide bonds. The van der Waals surface area contributed by atoms with Crippen molar-refractivity contribution in [1.82, 2.24) is 15.0 Å². The minimum Gasteiger partial charge on any atom is -0.399 e. The van der Waals surface area contributed by atoms with Gasteiger partial charge in [0.1, 0.15) is 0 Å². The second-order valence-corrected chi connectivity index (χ2v) is 12.2. The zero-order chi connectivity index (χ0) is 27.5. The molecular formula is C33H28BN3O2S. The molecule has 0 aliphatic carbocycles. The molecule has 0 bridgehead atoms. The maximum absolute atomic E-state index is 6.33. The van der Waals surface area contributed by atoms with Crippen molar-refractivity contribution in [2.75, 3.05) is 0 Å². The normalized spacial score (nSPS) is 16.1. The number of hydrogen-bond donors (Lipinski definition) is 0. The highest BCUT2D eigenvalue weighted by atomic mass is 32.1. The average Bonchev–Trinajstić information content (AvgIpc) is 3.46. The Balaban J connectivity index is 1.39. The summed E-state index contributed by atoms with van der Waals surface area (Å²) in [7, 11) is -0.466. The number of aromatic nitrogens is 3. The van der Waals surface area contributed by atoms with Crippen LogP contribution < -0.4 is 5.46 Å². The number of rotatable bonds is 4. The van der Waals surface area contributed by atoms with E-state index in [4.69, 9.17) is 24.3 Å². The third-order valence-corrected chi connectivity index (χ3v) is 9.20. The second kappa shape index (κ2) is 9.34. The van der Waals surface area contributed by atoms with Gasteiger partial charge in [0, 0.05) is 36.9 Å². The molecule has 7 rings (SSSR count). The second-order valence-electron chi connectivity index (χ2n) is 11.2. The fourth-order valence-corrected chi connectivity index (χ4v) is 6.28. The van der Waals surface area contributed by atoms with Gasteiger partial charge in [-0.05, 0) is 45.3 Å². The van der Waals surface area contributed by atoms with Crippen molar-refractivity contribution in [3.8, 4) is 34.2 Å². The minimum atomic E-state index is -0.466. The van der Waals surface area contributed by atoms with Gasteiger partial charge in [0.15, 0.2) is 17.5 Å². The lowest BCUT2D eigenvalue weighted by atomic mass is 9.78. The highest BCUT2D eigenvalue weighted by Crippen LogP contribution is 2.40. The van der Waals surface area contributed by atoms with Crippen LogP contribution in [0.15, 0.2) is 97.1 Å². The Morgan fingerprint density at radius 2 is 1.20 bits per heavy atom. The van der Waals surface area contributed by atoms with E-state index in [0.29, 0.717) is 17.5 Å². The largest absolute Gasteiger partial charge is 0.494 e. The lowest BCUT2D eigenvalue weighted by Crippen LogP contribution is -2.41. The third-order valence-electron chi connectivity index (χ3n) is 7.98. The molecule has 6 aromatic rings. The number of nitrogens with zero attached hydrogens (tertiary/aromatic N) is 3. The Labute approximate surface area is 238 Å². The molecule has 2 aromatic heterocycles. The molecule has 7 heteroatoms. The maximum atomic E-state index is 6.33. The van der Waals surface area contributed by atoms with Gasteiger partial charge in [0.25, 0.3) is 0 Å². The third kappa shape index (κ3) is 4.22. The Morgan fingerprint density at radius 1 is 0.600 bits per heavy atom. The summed E-state index contributed by atoms with van der Waals surface area (Å²) in [6, 6.07) is 33.1. The standard InChI is InChI=1S/C33H28BN3O2S/c1-32(2)33(3,4)39-34(38-32)23-15-10-14-22(20-23)30-35-29(21-12-6-5-7-13-21)36-31(37-30)26-18-11-17-25-24-16-8-9-19-27(24)40-28(25)26/h5-20H,1-4H3. The molecule has 0 saturated carbocycles. The highest BCUT2D eigenvalue weighted by molar-refractivity contribution is 7.26. The lowest BCUT2D eigenvalue weighted by molar-refractivity contribution is 0.00578. The molecule has 1 aliphatic rings. The highest BCUT2D eigenvalue weighted by Gasteiger charge is 2.51. The van der Waals surface area contributed by atoms with Crippen molar-refractivity contribution in [3.05, 3.63) is 97.1 Å². The van der Waals surface area contributed by atoms with Gasteiger partial charge in [-0.2, -0.15) is 0 Å². The molecule has 0 spiro atoms. The fraction of sp³-hybridized carbons (Fsp3) is 0.182. The predicted molar refractivity (Wildman–Crippen MR) is 165 cm³/mol. The van der Waals surface area contributed by atoms with Crippen LogP contribution in [0.3, 0.4) is 0 Å². The van der Waals surface area contributed by atoms with Crippen LogP contribution in [0.5, 0.6) is 0 Å². The molecule has 0 atom stereocenters. The molecule has 0 unspecified atom stereocenters. The predicted octanol–water partition coefficient (Wildman–Crippen LogP) is 7.54. The SMILES string of the molecule is CC1(C)OB(c2cccc(-c3nc(-c4ccccc4)nc(-c4cccc5c4sc4ccccc45)n3)c2)OC1(C)C. The molecule has 3 heterocycles. The maximum Gasteiger partial charge on any atom is 0.494 e. The van der Waals surface area contributed by atoms with Crippen molar-refractivity contribution in [2.45, 2.75) is 38.9 Å². The molecule has 4 aromatic carbocycles. The van der Waals surface area contributed by atoms with E-state index < -0.39 is 18.3 Å². The minimum absolute atomic E-state index is 0.419. The first-order chi connectivity index (χ1) is 19.3. The van der Waals surface area contributed by atoms with Crippen LogP contribution >= 0.6 is 11.3 Å². The smallest absolute Gasteiger partial charge is 0.399 e. The summed E-state index contributed by atoms with van der Waals surface area (Å²) in [5.74, 6) is 1.90. The van der Waals surface area contributed by atoms with Gasteiger partial charge >= 0.3 is 7.12 Å². The molecule has 0 N–H and O–H groups in total. The Kier molecular flexibility index (Phi) is 5.86. The van der Waals surface area contributed by atoms with Crippen LogP contribution in [-0.4, -0.2) is 33.3 Å². The van der Waals surface area contributed by atoms with Crippen molar-refractivity contribution < 1.29 is 9.31 Å². The first kappa shape index (κ1) is 25.1. The molecule has 1 fully saturated rings. The molecule has 0 radical (unpaired) electrons. The topological polar surface area (TPSA) is 57.1 Å². The zero-order valence-electron chi connectivity index (χ0n) is 22.9. The van der Waals surface area contributed by atoms with E-state index in [1.807, 2.05) is 48.5 Å². The van der Waals surface area contributed by atoms with Gasteiger partial charge in [0.2, 0.25) is 0 Å². The summed E-state index contributed by atoms with van der Waals surface area (Å²) in [4.78, 5) is 15.0. The molecule has 1 saturated heterocycles. The van der Waals surface area contributed by atoms with Crippen LogP contribution in [0.1, 0.15) is 27.7 Å². The van der Waals surface area contributed by atoms with Crippen LogP contribution in [0, 0.1) is 0 Å². The van der Waals surface area contributed by atoms with E-state index in [0.717, 1.165) is 22.2 Å². The van der Waals surface area contributed by atoms with E-state index in [-0.39, 0.29) is 0 Å². The first-order valence-electron chi connectivity index (χ1n) is 13.5. The summed E-state index contributed by atoms with van der Waals surface area (Å²) in [6.45, 7) is 8.26. The van der Waals surface area contributed by atoms with Gasteiger partial charge in [-0.3, -0.25) is 0 Å². The Hall–Kier alpha value is -3.91. The van der Waals surface area contributed by atoms with Gasteiger partial charge in [0.05, 0.1) is 11.2 Å². The number of benzene rings is 4. The Bertz CT molecular complexity index is 1870. The summed E-state index contributed by atoms with van der Waals surface area (Å²) in [5.41, 5.74) is 2.93. The van der Waals surface area contributed by atoms with Gasteiger partial charge in [-0.25, -0.2) is 15.0 Å². The van der Waals surface area contributed by atoms with Crippen molar-refractivity contribution in [2.24, 2.45) is 0 Å². The van der Waals surface area contributed by atoms with Crippen LogP contribution in [0.2, 0.25) is 0 Å². The molecule has 5 nitrogen and oxygen atoms in total. The van der Waals surface area contributed by atoms with E-state index in [9.17, 15) is 0 Å². The molecule has 196 valence electrons. The summed E-state index contributed by atoms with van der Waals surface area (Å²) in [6.07, 6.45) is 0. The van der Waals surface area contributed by atoms with Crippen LogP contribution in [0.4, 0.5) is 0 Å². The molecular weight excluding hydrogens is 513 g/mol. The summed E-state index contributed by atoms with van der Waals surface area (Å²) in [5, 5.41) is 2.46. The molecule has 40 heavy (non-hydrogen) atoms. The number of fused-ring (bicyclic) bond motifs is 3. The van der Waals surface area contributed by atoms with Crippen molar-refractivity contribution in [1.29, 1.82) is 0 Å². The van der Waals surface area contributed by atoms with Crippen LogP contribution in [-0.2, 0) is 9.31 Å². The summed E-state index contributed by atoms with van der Waals surface area (Å²) < 4.78 is 15.1. The van der Waals surface area contributed by atoms with Crippen molar-refractivity contribution >= 4 is 44.1 Å². The fourth-order valence-electron chi connectivity index (χ4n) is 5.07. The van der Waals surface area contributed by atoms with Crippen LogP contribution in [0.25, 0.3) is 54.3 Å². The van der Waals surface area contributed by atoms with E-state index in [1.54, 1.807) is 11.3 Å². The quantitative estimate of drug-likeness (QED) is 0.216. The van der Waals surface area contributed by atoms with Crippen molar-refractivity contribution in [3.63, 3.8) is 0 Å². The number of thiophene rings is 1. The Morgan fingerprint density at radius 3 is 1.98 bits per heavy atom. The van der Waals surface area contributed by atoms with Gasteiger partial charge < -0.3 is 9.31 Å². The van der Waals surface area contributed by atoms with E-state index >= 15 is 0 Å². The lowest BCUT2D eigenvalue weighted by Gasteiger charge is -2.32. The zero-order valence-corrected chi connectivity index (χ0v) is 23.7. The molecule has 1 aliphatic heterocycles. The average molecular weight is 541 g/mol. The monoisotopic (exact) mass is 541 g/mol. The summed E-state index contributed by atoms with van der Waals surface area (Å²) >= 11 is 1.77. The first-order valence-corrected chi connectivity index (χ1v) is 14.3. The number of hydrogen-bond acceptors (Lipinski definition) is 6. The van der Waals surface area contributed by atoms with Gasteiger partial charge in [-0.15, -0.1) is 11.3 Å². The van der Waals surface area contributed by atoms with Gasteiger partial charge in [-0.1, -0.05) is 84.9 Å².